The van der Waals surface area contributed by atoms with Gasteiger partial charge in [-0.15, -0.1) is 0 Å². The zero-order valence-electron chi connectivity index (χ0n) is 22.4. The van der Waals surface area contributed by atoms with E-state index in [-0.39, 0.29) is 36.0 Å². The molecule has 0 spiro atoms. The second-order valence-electron chi connectivity index (χ2n) is 9.13. The fraction of sp³-hybridized carbons (Fsp3) is 0.321. The van der Waals surface area contributed by atoms with Gasteiger partial charge in [-0.05, 0) is 57.5 Å². The van der Waals surface area contributed by atoms with Gasteiger partial charge in [0.05, 0.1) is 28.1 Å². The van der Waals surface area contributed by atoms with Gasteiger partial charge in [-0.3, -0.25) is 14.9 Å². The lowest BCUT2D eigenvalue weighted by molar-refractivity contribution is -0.384. The van der Waals surface area contributed by atoms with Gasteiger partial charge in [0.25, 0.3) is 5.69 Å². The van der Waals surface area contributed by atoms with Crippen molar-refractivity contribution in [1.82, 2.24) is 5.32 Å². The highest BCUT2D eigenvalue weighted by Gasteiger charge is 2.38. The molecule has 0 bridgehead atoms. The van der Waals surface area contributed by atoms with Gasteiger partial charge >= 0.3 is 11.9 Å². The SMILES string of the molecule is CC(=O)Nc1ccc(OCCOC(=O)C2=C(C)NC(C)=C(C(=O)OC(C)C)C2c2cccc([N+](=O)[O-])c2)cc1. The Hall–Kier alpha value is -4.67. The molecule has 0 aliphatic carbocycles. The Morgan fingerprint density at radius 2 is 1.64 bits per heavy atom. The van der Waals surface area contributed by atoms with Crippen molar-refractivity contribution >= 4 is 29.2 Å². The van der Waals surface area contributed by atoms with E-state index in [1.54, 1.807) is 58.0 Å². The third-order valence-corrected chi connectivity index (χ3v) is 5.72. The Balaban J connectivity index is 1.81. The van der Waals surface area contributed by atoms with Crippen LogP contribution in [0.4, 0.5) is 11.4 Å². The second kappa shape index (κ2) is 12.7. The standard InChI is InChI=1S/C28H31N3O8/c1-16(2)39-28(34)25-18(4)29-17(3)24(26(25)20-7-6-8-22(15-20)31(35)36)27(33)38-14-13-37-23-11-9-21(10-12-23)30-19(5)32/h6-12,15-16,26,29H,13-14H2,1-5H3,(H,30,32). The summed E-state index contributed by atoms with van der Waals surface area (Å²) in [5.41, 5.74) is 2.04. The Morgan fingerprint density at radius 1 is 1.00 bits per heavy atom. The monoisotopic (exact) mass is 537 g/mol. The highest BCUT2D eigenvalue weighted by molar-refractivity contribution is 6.00. The number of nitro groups is 1. The number of amides is 1. The van der Waals surface area contributed by atoms with E-state index in [0.717, 1.165) is 0 Å². The number of nitrogens with one attached hydrogen (secondary N) is 2. The Labute approximate surface area is 226 Å². The van der Waals surface area contributed by atoms with Gasteiger partial charge in [0.1, 0.15) is 19.0 Å². The molecule has 1 atom stereocenters. The molecule has 2 aromatic rings. The van der Waals surface area contributed by atoms with E-state index >= 15 is 0 Å². The molecule has 1 aliphatic rings. The smallest absolute Gasteiger partial charge is 0.337 e. The molecule has 1 heterocycles. The lowest BCUT2D eigenvalue weighted by Gasteiger charge is -2.30. The molecule has 1 aliphatic heterocycles. The molecular formula is C28H31N3O8. The van der Waals surface area contributed by atoms with E-state index < -0.39 is 28.9 Å². The molecule has 2 aromatic carbocycles. The van der Waals surface area contributed by atoms with E-state index in [2.05, 4.69) is 10.6 Å². The lowest BCUT2D eigenvalue weighted by atomic mass is 9.80. The summed E-state index contributed by atoms with van der Waals surface area (Å²) in [5, 5.41) is 17.2. The largest absolute Gasteiger partial charge is 0.490 e. The van der Waals surface area contributed by atoms with Crippen molar-refractivity contribution in [1.29, 1.82) is 0 Å². The molecule has 0 aromatic heterocycles. The summed E-state index contributed by atoms with van der Waals surface area (Å²) in [7, 11) is 0. The van der Waals surface area contributed by atoms with Gasteiger partial charge in [0.15, 0.2) is 0 Å². The third kappa shape index (κ3) is 7.44. The van der Waals surface area contributed by atoms with Gasteiger partial charge in [-0.1, -0.05) is 12.1 Å². The van der Waals surface area contributed by atoms with Crippen molar-refractivity contribution in [3.8, 4) is 5.75 Å². The van der Waals surface area contributed by atoms with Crippen molar-refractivity contribution in [3.05, 3.63) is 86.7 Å². The molecule has 1 unspecified atom stereocenters. The van der Waals surface area contributed by atoms with Gasteiger partial charge in [-0.2, -0.15) is 0 Å². The van der Waals surface area contributed by atoms with Crippen LogP contribution in [0.5, 0.6) is 5.75 Å². The number of dihydropyridines is 1. The van der Waals surface area contributed by atoms with Crippen LogP contribution in [-0.2, 0) is 23.9 Å². The molecule has 3 rings (SSSR count). The molecule has 39 heavy (non-hydrogen) atoms. The van der Waals surface area contributed by atoms with Crippen LogP contribution in [0.1, 0.15) is 46.1 Å². The zero-order valence-corrected chi connectivity index (χ0v) is 22.4. The molecule has 1 amide bonds. The summed E-state index contributed by atoms with van der Waals surface area (Å²) in [6.07, 6.45) is -0.421. The summed E-state index contributed by atoms with van der Waals surface area (Å²) in [4.78, 5) is 48.5. The molecule has 11 nitrogen and oxygen atoms in total. The number of carbonyl (C=O) groups is 3. The summed E-state index contributed by atoms with van der Waals surface area (Å²) >= 11 is 0. The normalized spacial score (nSPS) is 15.0. The maximum absolute atomic E-state index is 13.3. The van der Waals surface area contributed by atoms with E-state index in [1.807, 2.05) is 0 Å². The lowest BCUT2D eigenvalue weighted by Crippen LogP contribution is -2.33. The summed E-state index contributed by atoms with van der Waals surface area (Å²) in [6, 6.07) is 12.5. The number of allylic oxidation sites excluding steroid dienone is 2. The number of hydrogen-bond acceptors (Lipinski definition) is 9. The van der Waals surface area contributed by atoms with Crippen LogP contribution in [0, 0.1) is 10.1 Å². The van der Waals surface area contributed by atoms with Crippen LogP contribution in [0.2, 0.25) is 0 Å². The molecule has 0 radical (unpaired) electrons. The number of ether oxygens (including phenoxy) is 3. The van der Waals surface area contributed by atoms with Gasteiger partial charge in [-0.25, -0.2) is 9.59 Å². The molecule has 11 heteroatoms. The minimum absolute atomic E-state index is 0.0452. The average molecular weight is 538 g/mol. The number of nitro benzene ring substituents is 1. The zero-order chi connectivity index (χ0) is 28.7. The first kappa shape index (κ1) is 28.9. The maximum atomic E-state index is 13.3. The van der Waals surface area contributed by atoms with Crippen LogP contribution >= 0.6 is 0 Å². The van der Waals surface area contributed by atoms with Crippen molar-refractivity contribution in [2.24, 2.45) is 0 Å². The van der Waals surface area contributed by atoms with Crippen LogP contribution in [-0.4, -0.2) is 42.1 Å². The Kier molecular flexibility index (Phi) is 9.43. The maximum Gasteiger partial charge on any atom is 0.337 e. The highest BCUT2D eigenvalue weighted by Crippen LogP contribution is 2.40. The fourth-order valence-corrected chi connectivity index (χ4v) is 4.17. The molecule has 206 valence electrons. The van der Waals surface area contributed by atoms with Crippen molar-refractivity contribution in [3.63, 3.8) is 0 Å². The first-order chi connectivity index (χ1) is 18.5. The third-order valence-electron chi connectivity index (χ3n) is 5.72. The Bertz CT molecular complexity index is 1330. The molecule has 0 fully saturated rings. The number of hydrogen-bond donors (Lipinski definition) is 2. The van der Waals surface area contributed by atoms with Crippen LogP contribution < -0.4 is 15.4 Å². The van der Waals surface area contributed by atoms with Crippen LogP contribution in [0.15, 0.2) is 71.1 Å². The topological polar surface area (TPSA) is 146 Å². The second-order valence-corrected chi connectivity index (χ2v) is 9.13. The van der Waals surface area contributed by atoms with Gasteiger partial charge in [0.2, 0.25) is 5.91 Å². The predicted octanol–water partition coefficient (Wildman–Crippen LogP) is 4.36. The van der Waals surface area contributed by atoms with Crippen molar-refractivity contribution in [2.45, 2.75) is 46.6 Å². The first-order valence-corrected chi connectivity index (χ1v) is 12.3. The Morgan fingerprint density at radius 3 is 2.23 bits per heavy atom. The van der Waals surface area contributed by atoms with Crippen LogP contribution in [0.25, 0.3) is 0 Å². The summed E-state index contributed by atoms with van der Waals surface area (Å²) in [6.45, 7) is 8.11. The summed E-state index contributed by atoms with van der Waals surface area (Å²) in [5.74, 6) is -1.97. The van der Waals surface area contributed by atoms with E-state index in [0.29, 0.717) is 28.4 Å². The van der Waals surface area contributed by atoms with Crippen molar-refractivity contribution in [2.75, 3.05) is 18.5 Å². The van der Waals surface area contributed by atoms with E-state index in [1.165, 1.54) is 25.1 Å². The molecular weight excluding hydrogens is 506 g/mol. The average Bonchev–Trinajstić information content (AvgIpc) is 2.86. The predicted molar refractivity (Wildman–Crippen MR) is 143 cm³/mol. The fourth-order valence-electron chi connectivity index (χ4n) is 4.17. The van der Waals surface area contributed by atoms with Crippen molar-refractivity contribution < 1.29 is 33.5 Å². The number of non-ortho nitro benzene ring substituents is 1. The number of nitrogens with zero attached hydrogens (tertiary/aromatic N) is 1. The van der Waals surface area contributed by atoms with E-state index in [9.17, 15) is 24.5 Å². The number of carbonyl (C=O) groups excluding carboxylic acids is 3. The molecule has 0 saturated carbocycles. The first-order valence-electron chi connectivity index (χ1n) is 12.3. The van der Waals surface area contributed by atoms with Gasteiger partial charge < -0.3 is 24.8 Å². The highest BCUT2D eigenvalue weighted by atomic mass is 16.6. The number of rotatable bonds is 10. The van der Waals surface area contributed by atoms with Crippen LogP contribution in [0.3, 0.4) is 0 Å². The van der Waals surface area contributed by atoms with E-state index in [4.69, 9.17) is 14.2 Å². The minimum Gasteiger partial charge on any atom is -0.490 e. The minimum atomic E-state index is -0.952. The quantitative estimate of drug-likeness (QED) is 0.195. The number of esters is 2. The number of anilines is 1. The molecule has 2 N–H and O–H groups in total. The summed E-state index contributed by atoms with van der Waals surface area (Å²) < 4.78 is 16.6. The molecule has 0 saturated heterocycles. The van der Waals surface area contributed by atoms with Gasteiger partial charge in [0, 0.05) is 36.1 Å². The number of benzene rings is 2.